The third-order valence-corrected chi connectivity index (χ3v) is 3.23. The van der Waals surface area contributed by atoms with Crippen molar-refractivity contribution in [2.45, 2.75) is 5.92 Å². The number of nitrogens with one attached hydrogen (secondary N) is 1. The lowest BCUT2D eigenvalue weighted by atomic mass is 10.0. The highest BCUT2D eigenvalue weighted by atomic mass is 19.1. The van der Waals surface area contributed by atoms with Crippen molar-refractivity contribution in [3.8, 4) is 11.5 Å². The number of phenols is 1. The largest absolute Gasteiger partial charge is 0.505 e. The van der Waals surface area contributed by atoms with Crippen LogP contribution in [0.4, 0.5) is 10.1 Å². The van der Waals surface area contributed by atoms with Gasteiger partial charge in [-0.25, -0.2) is 4.39 Å². The lowest BCUT2D eigenvalue weighted by Gasteiger charge is -2.10. The van der Waals surface area contributed by atoms with Crippen LogP contribution in [0.2, 0.25) is 0 Å². The van der Waals surface area contributed by atoms with E-state index < -0.39 is 17.5 Å². The molecular weight excluding hydrogens is 261 g/mol. The lowest BCUT2D eigenvalue weighted by molar-refractivity contribution is -0.117. The Labute approximate surface area is 114 Å². The van der Waals surface area contributed by atoms with Crippen LogP contribution in [0.15, 0.2) is 42.5 Å². The minimum Gasteiger partial charge on any atom is -0.505 e. The Bertz CT molecular complexity index is 672. The second kappa shape index (κ2) is 4.85. The first-order chi connectivity index (χ1) is 9.65. The highest BCUT2D eigenvalue weighted by molar-refractivity contribution is 5.96. The zero-order valence-corrected chi connectivity index (χ0v) is 10.5. The average molecular weight is 273 g/mol. The molecule has 0 aliphatic carbocycles. The Morgan fingerprint density at radius 2 is 2.10 bits per heavy atom. The molecule has 5 heteroatoms. The minimum absolute atomic E-state index is 0.264. The fourth-order valence-corrected chi connectivity index (χ4v) is 2.19. The van der Waals surface area contributed by atoms with Gasteiger partial charge in [0.25, 0.3) is 0 Å². The maximum absolute atomic E-state index is 13.2. The number of hydrogen-bond donors (Lipinski definition) is 2. The first-order valence-electron chi connectivity index (χ1n) is 6.16. The highest BCUT2D eigenvalue weighted by Crippen LogP contribution is 2.34. The van der Waals surface area contributed by atoms with Crippen LogP contribution in [0.1, 0.15) is 11.5 Å². The van der Waals surface area contributed by atoms with E-state index in [0.717, 1.165) is 11.6 Å². The van der Waals surface area contributed by atoms with Crippen LogP contribution < -0.4 is 10.1 Å². The summed E-state index contributed by atoms with van der Waals surface area (Å²) in [5.74, 6) is -1.20. The second-order valence-electron chi connectivity index (χ2n) is 4.56. The Kier molecular flexibility index (Phi) is 3.02. The molecule has 0 spiro atoms. The summed E-state index contributed by atoms with van der Waals surface area (Å²) in [6.07, 6.45) is 0. The van der Waals surface area contributed by atoms with Gasteiger partial charge in [0.15, 0.2) is 11.6 Å². The van der Waals surface area contributed by atoms with Crippen molar-refractivity contribution in [2.24, 2.45) is 0 Å². The van der Waals surface area contributed by atoms with Crippen molar-refractivity contribution in [1.82, 2.24) is 0 Å². The van der Waals surface area contributed by atoms with Crippen molar-refractivity contribution < 1.29 is 19.0 Å². The van der Waals surface area contributed by atoms with E-state index in [9.17, 15) is 9.18 Å². The van der Waals surface area contributed by atoms with Crippen LogP contribution in [0.25, 0.3) is 0 Å². The van der Waals surface area contributed by atoms with Crippen LogP contribution in [-0.2, 0) is 4.79 Å². The van der Waals surface area contributed by atoms with Gasteiger partial charge in [0.1, 0.15) is 18.3 Å². The monoisotopic (exact) mass is 273 g/mol. The molecule has 20 heavy (non-hydrogen) atoms. The van der Waals surface area contributed by atoms with E-state index in [-0.39, 0.29) is 12.5 Å². The average Bonchev–Trinajstić information content (AvgIpc) is 2.87. The zero-order chi connectivity index (χ0) is 14.1. The molecule has 1 heterocycles. The normalized spacial score (nSPS) is 16.4. The van der Waals surface area contributed by atoms with Crippen LogP contribution in [0, 0.1) is 5.82 Å². The van der Waals surface area contributed by atoms with E-state index in [1.54, 1.807) is 0 Å². The van der Waals surface area contributed by atoms with E-state index >= 15 is 0 Å². The predicted octanol–water partition coefficient (Wildman–Crippen LogP) is 2.65. The van der Waals surface area contributed by atoms with Gasteiger partial charge in [-0.1, -0.05) is 18.2 Å². The molecule has 2 N–H and O–H groups in total. The van der Waals surface area contributed by atoms with Crippen molar-refractivity contribution in [3.63, 3.8) is 0 Å². The molecule has 102 valence electrons. The molecule has 0 fully saturated rings. The number of phenolic OH excluding ortho intramolecular Hbond substituents is 1. The molecule has 2 aromatic carbocycles. The van der Waals surface area contributed by atoms with Gasteiger partial charge in [0, 0.05) is 17.3 Å². The number of benzene rings is 2. The zero-order valence-electron chi connectivity index (χ0n) is 10.5. The topological polar surface area (TPSA) is 58.6 Å². The number of amides is 1. The maximum atomic E-state index is 13.2. The highest BCUT2D eigenvalue weighted by Gasteiger charge is 2.30. The molecule has 1 amide bonds. The van der Waals surface area contributed by atoms with Crippen molar-refractivity contribution in [2.75, 3.05) is 11.9 Å². The molecule has 2 aromatic rings. The first-order valence-corrected chi connectivity index (χ1v) is 6.16. The fraction of sp³-hybridized carbons (Fsp3) is 0.133. The van der Waals surface area contributed by atoms with Gasteiger partial charge >= 0.3 is 0 Å². The van der Waals surface area contributed by atoms with Gasteiger partial charge in [-0.15, -0.1) is 0 Å². The van der Waals surface area contributed by atoms with Gasteiger partial charge < -0.3 is 15.2 Å². The molecule has 0 saturated heterocycles. The number of anilines is 1. The van der Waals surface area contributed by atoms with Crippen LogP contribution in [0.3, 0.4) is 0 Å². The van der Waals surface area contributed by atoms with Gasteiger partial charge in [-0.3, -0.25) is 4.79 Å². The lowest BCUT2D eigenvalue weighted by Crippen LogP contribution is -2.22. The number of hydrogen-bond acceptors (Lipinski definition) is 3. The molecule has 1 aliphatic rings. The fourth-order valence-electron chi connectivity index (χ4n) is 2.19. The number of carbonyl (C=O) groups excluding carboxylic acids is 1. The summed E-state index contributed by atoms with van der Waals surface area (Å²) < 4.78 is 18.7. The molecule has 1 aliphatic heterocycles. The van der Waals surface area contributed by atoms with E-state index in [0.29, 0.717) is 11.4 Å². The number of carbonyl (C=O) groups is 1. The number of aromatic hydroxyl groups is 1. The predicted molar refractivity (Wildman–Crippen MR) is 71.4 cm³/mol. The van der Waals surface area contributed by atoms with Crippen LogP contribution >= 0.6 is 0 Å². The number of ether oxygens (including phenoxy) is 1. The SMILES string of the molecule is O=C(Nc1ccc(O)c(F)c1)C1COc2ccccc21. The molecule has 1 atom stereocenters. The number of para-hydroxylation sites is 1. The molecule has 4 nitrogen and oxygen atoms in total. The van der Waals surface area contributed by atoms with Crippen LogP contribution in [-0.4, -0.2) is 17.6 Å². The minimum atomic E-state index is -0.772. The van der Waals surface area contributed by atoms with Crippen molar-refractivity contribution in [1.29, 1.82) is 0 Å². The summed E-state index contributed by atoms with van der Waals surface area (Å²) in [6.45, 7) is 0.270. The Hall–Kier alpha value is -2.56. The van der Waals surface area contributed by atoms with E-state index in [2.05, 4.69) is 5.32 Å². The van der Waals surface area contributed by atoms with E-state index in [1.807, 2.05) is 24.3 Å². The van der Waals surface area contributed by atoms with E-state index in [1.165, 1.54) is 12.1 Å². The summed E-state index contributed by atoms with van der Waals surface area (Å²) in [7, 11) is 0. The third kappa shape index (κ3) is 2.18. The van der Waals surface area contributed by atoms with Crippen molar-refractivity contribution >= 4 is 11.6 Å². The number of halogens is 1. The van der Waals surface area contributed by atoms with Gasteiger partial charge in [-0.2, -0.15) is 0 Å². The summed E-state index contributed by atoms with van der Waals surface area (Å²) in [5.41, 5.74) is 1.12. The number of rotatable bonds is 2. The molecular formula is C15H12FNO3. The van der Waals surface area contributed by atoms with Gasteiger partial charge in [0.05, 0.1) is 0 Å². The molecule has 0 saturated carbocycles. The van der Waals surface area contributed by atoms with E-state index in [4.69, 9.17) is 9.84 Å². The van der Waals surface area contributed by atoms with Crippen molar-refractivity contribution in [3.05, 3.63) is 53.8 Å². The van der Waals surface area contributed by atoms with Crippen LogP contribution in [0.5, 0.6) is 11.5 Å². The summed E-state index contributed by atoms with van der Waals surface area (Å²) in [4.78, 5) is 12.2. The molecule has 1 unspecified atom stereocenters. The number of fused-ring (bicyclic) bond motifs is 1. The Morgan fingerprint density at radius 1 is 1.30 bits per heavy atom. The summed E-state index contributed by atoms with van der Waals surface area (Å²) >= 11 is 0. The summed E-state index contributed by atoms with van der Waals surface area (Å²) in [6, 6.07) is 11.0. The second-order valence-corrected chi connectivity index (χ2v) is 4.56. The smallest absolute Gasteiger partial charge is 0.235 e. The first kappa shape index (κ1) is 12.5. The quantitative estimate of drug-likeness (QED) is 0.827. The molecule has 0 radical (unpaired) electrons. The Balaban J connectivity index is 1.79. The van der Waals surface area contributed by atoms with Gasteiger partial charge in [0.2, 0.25) is 5.91 Å². The summed E-state index contributed by atoms with van der Waals surface area (Å²) in [5, 5.41) is 11.7. The Morgan fingerprint density at radius 3 is 2.90 bits per heavy atom. The standard InChI is InChI=1S/C15H12FNO3/c16-12-7-9(5-6-13(12)18)17-15(19)11-8-20-14-4-2-1-3-10(11)14/h1-7,11,18H,8H2,(H,17,19). The third-order valence-electron chi connectivity index (χ3n) is 3.23. The maximum Gasteiger partial charge on any atom is 0.235 e. The molecule has 0 aromatic heterocycles. The molecule has 3 rings (SSSR count). The van der Waals surface area contributed by atoms with Gasteiger partial charge in [-0.05, 0) is 18.2 Å². The molecule has 0 bridgehead atoms.